The molecule has 6 rings (SSSR count). The topological polar surface area (TPSA) is 68.4 Å². The van der Waals surface area contributed by atoms with Gasteiger partial charge in [-0.3, -0.25) is 14.7 Å². The summed E-state index contributed by atoms with van der Waals surface area (Å²) in [5, 5.41) is 0.852. The van der Waals surface area contributed by atoms with E-state index < -0.39 is 0 Å². The minimum absolute atomic E-state index is 0.0944. The van der Waals surface area contributed by atoms with Gasteiger partial charge in [-0.15, -0.1) is 0 Å². The molecule has 2 aromatic heterocycles. The molecule has 2 aliphatic heterocycles. The third kappa shape index (κ3) is 3.68. The number of hydrogen-bond acceptors (Lipinski definition) is 5. The highest BCUT2D eigenvalue weighted by Gasteiger charge is 2.26. The van der Waals surface area contributed by atoms with Crippen LogP contribution in [0.1, 0.15) is 35.6 Å². The van der Waals surface area contributed by atoms with E-state index in [-0.39, 0.29) is 17.8 Å². The highest BCUT2D eigenvalue weighted by Crippen LogP contribution is 2.29. The van der Waals surface area contributed by atoms with Gasteiger partial charge in [0, 0.05) is 62.1 Å². The Morgan fingerprint density at radius 3 is 2.56 bits per heavy atom. The second-order valence-electron chi connectivity index (χ2n) is 9.19. The molecule has 0 aliphatic carbocycles. The fourth-order valence-corrected chi connectivity index (χ4v) is 4.96. The number of pyridine rings is 1. The van der Waals surface area contributed by atoms with E-state index in [4.69, 9.17) is 4.98 Å². The number of benzene rings is 2. The van der Waals surface area contributed by atoms with Crippen molar-refractivity contribution in [1.29, 1.82) is 0 Å². The number of aromatic amines is 1. The summed E-state index contributed by atoms with van der Waals surface area (Å²) in [6.07, 6.45) is 2.88. The van der Waals surface area contributed by atoms with Crippen LogP contribution in [-0.4, -0.2) is 69.9 Å². The number of H-pyrrole nitrogens is 1. The average molecular weight is 459 g/mol. The molecule has 0 bridgehead atoms. The molecule has 34 heavy (non-hydrogen) atoms. The molecule has 2 aliphatic rings. The summed E-state index contributed by atoms with van der Waals surface area (Å²) < 4.78 is 13.9. The highest BCUT2D eigenvalue weighted by molar-refractivity contribution is 5.97. The molecule has 0 unspecified atom stereocenters. The Labute approximate surface area is 197 Å². The number of halogens is 1. The van der Waals surface area contributed by atoms with Crippen molar-refractivity contribution in [2.75, 3.05) is 44.2 Å². The predicted octanol–water partition coefficient (Wildman–Crippen LogP) is 3.98. The molecule has 0 spiro atoms. The van der Waals surface area contributed by atoms with Gasteiger partial charge in [0.1, 0.15) is 11.6 Å². The van der Waals surface area contributed by atoms with Crippen molar-refractivity contribution in [3.05, 3.63) is 65.9 Å². The van der Waals surface area contributed by atoms with Gasteiger partial charge in [-0.2, -0.15) is 0 Å². The minimum Gasteiger partial charge on any atom is -0.368 e. The quantitative estimate of drug-likeness (QED) is 0.501. The van der Waals surface area contributed by atoms with Crippen molar-refractivity contribution >= 4 is 33.5 Å². The molecular weight excluding hydrogens is 431 g/mol. The van der Waals surface area contributed by atoms with E-state index in [9.17, 15) is 9.18 Å². The number of hydrogen-bond donors (Lipinski definition) is 1. The summed E-state index contributed by atoms with van der Waals surface area (Å²) in [7, 11) is 0. The van der Waals surface area contributed by atoms with E-state index >= 15 is 0 Å². The number of rotatable bonds is 4. The molecule has 2 aromatic carbocycles. The van der Waals surface area contributed by atoms with Crippen LogP contribution < -0.4 is 4.90 Å². The largest absolute Gasteiger partial charge is 0.368 e. The maximum Gasteiger partial charge on any atom is 0.253 e. The van der Waals surface area contributed by atoms with Crippen LogP contribution >= 0.6 is 0 Å². The second kappa shape index (κ2) is 8.36. The van der Waals surface area contributed by atoms with E-state index in [0.717, 1.165) is 79.1 Å². The number of aromatic nitrogens is 3. The molecule has 0 saturated carbocycles. The Balaban J connectivity index is 1.17. The van der Waals surface area contributed by atoms with Gasteiger partial charge in [0.15, 0.2) is 0 Å². The number of likely N-dealkylation sites (tertiary alicyclic amines) is 1. The molecule has 7 nitrogen and oxygen atoms in total. The van der Waals surface area contributed by atoms with Crippen LogP contribution in [0.25, 0.3) is 21.9 Å². The molecule has 8 heteroatoms. The number of amides is 1. The lowest BCUT2D eigenvalue weighted by atomic mass is 10.1. The maximum atomic E-state index is 13.9. The second-order valence-corrected chi connectivity index (χ2v) is 9.19. The Morgan fingerprint density at radius 1 is 1.00 bits per heavy atom. The van der Waals surface area contributed by atoms with Crippen LogP contribution in [0, 0.1) is 5.82 Å². The van der Waals surface area contributed by atoms with E-state index in [2.05, 4.69) is 26.7 Å². The lowest BCUT2D eigenvalue weighted by molar-refractivity contribution is 0.0652. The molecule has 174 valence electrons. The molecule has 2 fully saturated rings. The van der Waals surface area contributed by atoms with Crippen molar-refractivity contribution in [3.63, 3.8) is 0 Å². The van der Waals surface area contributed by atoms with Crippen LogP contribution in [0.15, 0.2) is 48.7 Å². The SMILES string of the molecule is C[C@H](c1nc2ccc(C(=O)N3CCC3)cc2[nH]1)N1CCN(c2ccnc3ccc(F)cc23)CC1. The third-order valence-corrected chi connectivity index (χ3v) is 7.17. The van der Waals surface area contributed by atoms with Gasteiger partial charge in [0.2, 0.25) is 0 Å². The number of fused-ring (bicyclic) bond motifs is 2. The Kier molecular flexibility index (Phi) is 5.17. The number of carbonyl (C=O) groups excluding carboxylic acids is 1. The summed E-state index contributed by atoms with van der Waals surface area (Å²) in [5.74, 6) is 0.763. The fourth-order valence-electron chi connectivity index (χ4n) is 4.96. The van der Waals surface area contributed by atoms with Crippen molar-refractivity contribution in [3.8, 4) is 0 Å². The standard InChI is InChI=1S/C26H27FN6O/c1-17(25-29-22-5-3-18(15-23(22)30-25)26(34)33-9-2-10-33)31-11-13-32(14-12-31)24-7-8-28-21-6-4-19(27)16-20(21)24/h3-8,15-17H,2,9-14H2,1H3,(H,29,30)/t17-/m1/s1. The molecule has 1 amide bonds. The first-order valence-electron chi connectivity index (χ1n) is 11.9. The minimum atomic E-state index is -0.242. The number of imidazole rings is 1. The lowest BCUT2D eigenvalue weighted by Crippen LogP contribution is -2.47. The van der Waals surface area contributed by atoms with Gasteiger partial charge in [-0.1, -0.05) is 0 Å². The third-order valence-electron chi connectivity index (χ3n) is 7.17. The zero-order chi connectivity index (χ0) is 23.2. The number of carbonyl (C=O) groups is 1. The van der Waals surface area contributed by atoms with E-state index in [0.29, 0.717) is 5.56 Å². The number of nitrogens with zero attached hydrogens (tertiary/aromatic N) is 5. The van der Waals surface area contributed by atoms with Crippen LogP contribution in [0.4, 0.5) is 10.1 Å². The van der Waals surface area contributed by atoms with Gasteiger partial charge in [0.05, 0.1) is 22.6 Å². The molecule has 1 atom stereocenters. The van der Waals surface area contributed by atoms with Gasteiger partial charge in [0.25, 0.3) is 5.91 Å². The van der Waals surface area contributed by atoms with Crippen molar-refractivity contribution in [2.45, 2.75) is 19.4 Å². The van der Waals surface area contributed by atoms with Crippen LogP contribution in [0.2, 0.25) is 0 Å². The highest BCUT2D eigenvalue weighted by atomic mass is 19.1. The van der Waals surface area contributed by atoms with Gasteiger partial charge in [-0.25, -0.2) is 9.37 Å². The zero-order valence-electron chi connectivity index (χ0n) is 19.2. The van der Waals surface area contributed by atoms with Crippen LogP contribution in [0.5, 0.6) is 0 Å². The van der Waals surface area contributed by atoms with Crippen molar-refractivity contribution in [1.82, 2.24) is 24.8 Å². The first kappa shape index (κ1) is 21.0. The number of anilines is 1. The van der Waals surface area contributed by atoms with Crippen LogP contribution in [-0.2, 0) is 0 Å². The summed E-state index contributed by atoms with van der Waals surface area (Å²) in [6.45, 7) is 7.28. The lowest BCUT2D eigenvalue weighted by Gasteiger charge is -2.38. The Morgan fingerprint density at radius 2 is 1.79 bits per heavy atom. The molecule has 0 radical (unpaired) electrons. The first-order chi connectivity index (χ1) is 16.6. The normalized spacial score (nSPS) is 17.8. The monoisotopic (exact) mass is 458 g/mol. The summed E-state index contributed by atoms with van der Waals surface area (Å²) in [5.41, 5.74) is 4.33. The van der Waals surface area contributed by atoms with E-state index in [1.54, 1.807) is 18.3 Å². The summed E-state index contributed by atoms with van der Waals surface area (Å²) >= 11 is 0. The van der Waals surface area contributed by atoms with Crippen LogP contribution in [0.3, 0.4) is 0 Å². The average Bonchev–Trinajstić information content (AvgIpc) is 3.25. The van der Waals surface area contributed by atoms with Crippen molar-refractivity contribution in [2.24, 2.45) is 0 Å². The predicted molar refractivity (Wildman–Crippen MR) is 131 cm³/mol. The number of piperazine rings is 1. The van der Waals surface area contributed by atoms with Gasteiger partial charge in [-0.05, 0) is 55.8 Å². The number of nitrogens with one attached hydrogen (secondary N) is 1. The van der Waals surface area contributed by atoms with Gasteiger partial charge < -0.3 is 14.8 Å². The molecular formula is C26H27FN6O. The summed E-state index contributed by atoms with van der Waals surface area (Å²) in [6, 6.07) is 12.6. The first-order valence-corrected chi connectivity index (χ1v) is 11.9. The van der Waals surface area contributed by atoms with E-state index in [1.165, 1.54) is 6.07 Å². The Bertz CT molecular complexity index is 1370. The molecule has 4 aromatic rings. The van der Waals surface area contributed by atoms with Crippen molar-refractivity contribution < 1.29 is 9.18 Å². The molecule has 4 heterocycles. The maximum absolute atomic E-state index is 13.9. The van der Waals surface area contributed by atoms with E-state index in [1.807, 2.05) is 29.2 Å². The van der Waals surface area contributed by atoms with Gasteiger partial charge >= 0.3 is 0 Å². The zero-order valence-corrected chi connectivity index (χ0v) is 19.2. The smallest absolute Gasteiger partial charge is 0.253 e. The fraction of sp³-hybridized carbons (Fsp3) is 0.346. The molecule has 2 saturated heterocycles. The summed E-state index contributed by atoms with van der Waals surface area (Å²) in [4.78, 5) is 31.8. The molecule has 1 N–H and O–H groups in total. The Hall–Kier alpha value is -3.52.